The van der Waals surface area contributed by atoms with Crippen molar-refractivity contribution in [1.29, 1.82) is 0 Å². The van der Waals surface area contributed by atoms with E-state index in [1.54, 1.807) is 19.2 Å². The van der Waals surface area contributed by atoms with E-state index < -0.39 is 0 Å². The van der Waals surface area contributed by atoms with Crippen LogP contribution in [0.4, 0.5) is 5.69 Å². The second-order valence-electron chi connectivity index (χ2n) is 8.21. The summed E-state index contributed by atoms with van der Waals surface area (Å²) in [5.74, 6) is 0.0644. The molecule has 3 aromatic carbocycles. The molecule has 3 aromatic rings. The van der Waals surface area contributed by atoms with E-state index in [-0.39, 0.29) is 11.8 Å². The minimum absolute atomic E-state index is 0.290. The fourth-order valence-electron chi connectivity index (χ4n) is 4.06. The standard InChI is InChI=1S/C28H30N2O4/c1-3-4-18-34-19-8-17-30-27(31)25(21-13-15-22(33-2)16-14-21)26(28(30)32)29-24-12-7-10-20-9-5-6-11-23(20)24/h5-7,9-16,29H,3-4,8,17-19H2,1-2H3. The Balaban J connectivity index is 1.64. The van der Waals surface area contributed by atoms with Gasteiger partial charge in [-0.05, 0) is 42.0 Å². The van der Waals surface area contributed by atoms with Crippen molar-refractivity contribution in [2.75, 3.05) is 32.2 Å². The highest BCUT2D eigenvalue weighted by molar-refractivity contribution is 6.36. The quantitative estimate of drug-likeness (QED) is 0.314. The highest BCUT2D eigenvalue weighted by Crippen LogP contribution is 2.33. The summed E-state index contributed by atoms with van der Waals surface area (Å²) in [5.41, 5.74) is 2.11. The predicted octanol–water partition coefficient (Wildman–Crippen LogP) is 5.25. The lowest BCUT2D eigenvalue weighted by atomic mass is 10.0. The molecule has 34 heavy (non-hydrogen) atoms. The number of hydrogen-bond donors (Lipinski definition) is 1. The van der Waals surface area contributed by atoms with Gasteiger partial charge >= 0.3 is 0 Å². The number of ether oxygens (including phenoxy) is 2. The van der Waals surface area contributed by atoms with Gasteiger partial charge in [-0.2, -0.15) is 0 Å². The number of carbonyl (C=O) groups is 2. The number of nitrogens with one attached hydrogen (secondary N) is 1. The zero-order valence-corrected chi connectivity index (χ0v) is 19.7. The average molecular weight is 459 g/mol. The van der Waals surface area contributed by atoms with Crippen LogP contribution >= 0.6 is 0 Å². The van der Waals surface area contributed by atoms with Crippen LogP contribution in [0.15, 0.2) is 72.4 Å². The van der Waals surface area contributed by atoms with Gasteiger partial charge in [0.05, 0.1) is 12.7 Å². The molecule has 0 saturated heterocycles. The van der Waals surface area contributed by atoms with Gasteiger partial charge in [0.25, 0.3) is 11.8 Å². The smallest absolute Gasteiger partial charge is 0.278 e. The van der Waals surface area contributed by atoms with Crippen LogP contribution in [0.1, 0.15) is 31.7 Å². The Kier molecular flexibility index (Phi) is 7.60. The molecule has 0 unspecified atom stereocenters. The van der Waals surface area contributed by atoms with Gasteiger partial charge in [0.1, 0.15) is 11.4 Å². The number of unbranched alkanes of at least 4 members (excludes halogenated alkanes) is 1. The summed E-state index contributed by atoms with van der Waals surface area (Å²) in [6.45, 7) is 3.63. The molecule has 1 aliphatic rings. The molecule has 176 valence electrons. The zero-order valence-electron chi connectivity index (χ0n) is 19.7. The van der Waals surface area contributed by atoms with E-state index >= 15 is 0 Å². The maximum Gasteiger partial charge on any atom is 0.278 e. The van der Waals surface area contributed by atoms with E-state index in [4.69, 9.17) is 9.47 Å². The molecule has 0 fully saturated rings. The molecule has 0 aromatic heterocycles. The Hall–Kier alpha value is -3.64. The molecule has 6 heteroatoms. The lowest BCUT2D eigenvalue weighted by Gasteiger charge is -2.15. The van der Waals surface area contributed by atoms with Crippen LogP contribution < -0.4 is 10.1 Å². The molecule has 0 atom stereocenters. The molecule has 1 N–H and O–H groups in total. The van der Waals surface area contributed by atoms with Crippen molar-refractivity contribution in [3.63, 3.8) is 0 Å². The molecule has 0 saturated carbocycles. The maximum absolute atomic E-state index is 13.4. The van der Waals surface area contributed by atoms with Crippen LogP contribution in [-0.4, -0.2) is 43.6 Å². The molecule has 0 radical (unpaired) electrons. The van der Waals surface area contributed by atoms with Crippen molar-refractivity contribution in [3.8, 4) is 5.75 Å². The summed E-state index contributed by atoms with van der Waals surface area (Å²) in [6.07, 6.45) is 2.67. The highest BCUT2D eigenvalue weighted by Gasteiger charge is 2.39. The highest BCUT2D eigenvalue weighted by atomic mass is 16.5. The topological polar surface area (TPSA) is 67.9 Å². The van der Waals surface area contributed by atoms with Crippen molar-refractivity contribution >= 4 is 33.8 Å². The summed E-state index contributed by atoms with van der Waals surface area (Å²) < 4.78 is 10.9. The number of carbonyl (C=O) groups excluding carboxylic acids is 2. The fourth-order valence-corrected chi connectivity index (χ4v) is 4.06. The first-order chi connectivity index (χ1) is 16.6. The molecule has 1 heterocycles. The number of fused-ring (bicyclic) bond motifs is 1. The molecule has 0 spiro atoms. The van der Waals surface area contributed by atoms with E-state index in [0.717, 1.165) is 29.3 Å². The lowest BCUT2D eigenvalue weighted by Crippen LogP contribution is -2.34. The van der Waals surface area contributed by atoms with Crippen LogP contribution in [0.25, 0.3) is 16.3 Å². The van der Waals surface area contributed by atoms with Gasteiger partial charge in [-0.25, -0.2) is 0 Å². The summed E-state index contributed by atoms with van der Waals surface area (Å²) in [5, 5.41) is 5.33. The summed E-state index contributed by atoms with van der Waals surface area (Å²) in [6, 6.07) is 21.0. The number of rotatable bonds is 11. The first-order valence-corrected chi connectivity index (χ1v) is 11.7. The third kappa shape index (κ3) is 4.97. The number of amides is 2. The zero-order chi connectivity index (χ0) is 23.9. The number of methoxy groups -OCH3 is 1. The van der Waals surface area contributed by atoms with E-state index in [1.165, 1.54) is 4.90 Å². The predicted molar refractivity (Wildman–Crippen MR) is 135 cm³/mol. The third-order valence-electron chi connectivity index (χ3n) is 5.91. The van der Waals surface area contributed by atoms with Crippen LogP contribution in [0, 0.1) is 0 Å². The number of imide groups is 1. The van der Waals surface area contributed by atoms with Crippen LogP contribution in [0.5, 0.6) is 5.75 Å². The fraction of sp³-hybridized carbons (Fsp3) is 0.286. The molecule has 0 bridgehead atoms. The number of anilines is 1. The average Bonchev–Trinajstić information content (AvgIpc) is 3.10. The Bertz CT molecular complexity index is 1200. The first kappa shape index (κ1) is 23.5. The summed E-state index contributed by atoms with van der Waals surface area (Å²) in [4.78, 5) is 28.2. The van der Waals surface area contributed by atoms with Crippen LogP contribution in [0.3, 0.4) is 0 Å². The minimum Gasteiger partial charge on any atom is -0.497 e. The maximum atomic E-state index is 13.4. The lowest BCUT2D eigenvalue weighted by molar-refractivity contribution is -0.137. The molecular weight excluding hydrogens is 428 g/mol. The van der Waals surface area contributed by atoms with Gasteiger partial charge in [-0.1, -0.05) is 61.9 Å². The monoisotopic (exact) mass is 458 g/mol. The van der Waals surface area contributed by atoms with Crippen molar-refractivity contribution in [2.45, 2.75) is 26.2 Å². The second kappa shape index (κ2) is 11.0. The third-order valence-corrected chi connectivity index (χ3v) is 5.91. The molecule has 1 aliphatic heterocycles. The second-order valence-corrected chi connectivity index (χ2v) is 8.21. The van der Waals surface area contributed by atoms with Gasteiger partial charge < -0.3 is 14.8 Å². The largest absolute Gasteiger partial charge is 0.497 e. The minimum atomic E-state index is -0.322. The summed E-state index contributed by atoms with van der Waals surface area (Å²) in [7, 11) is 1.59. The van der Waals surface area contributed by atoms with Crippen molar-refractivity contribution in [1.82, 2.24) is 4.90 Å². The van der Waals surface area contributed by atoms with E-state index in [9.17, 15) is 9.59 Å². The van der Waals surface area contributed by atoms with E-state index in [1.807, 2.05) is 54.6 Å². The van der Waals surface area contributed by atoms with Gasteiger partial charge in [0, 0.05) is 30.8 Å². The van der Waals surface area contributed by atoms with Gasteiger partial charge in [-0.15, -0.1) is 0 Å². The van der Waals surface area contributed by atoms with Crippen molar-refractivity contribution in [2.24, 2.45) is 0 Å². The Morgan fingerprint density at radius 1 is 0.853 bits per heavy atom. The number of nitrogens with zero attached hydrogens (tertiary/aromatic N) is 1. The van der Waals surface area contributed by atoms with Gasteiger partial charge in [-0.3, -0.25) is 14.5 Å². The molecular formula is C28H30N2O4. The molecule has 6 nitrogen and oxygen atoms in total. The van der Waals surface area contributed by atoms with Crippen molar-refractivity contribution < 1.29 is 19.1 Å². The Labute approximate surface area is 200 Å². The Morgan fingerprint density at radius 3 is 2.35 bits per heavy atom. The number of benzene rings is 3. The van der Waals surface area contributed by atoms with Crippen LogP contribution in [0.2, 0.25) is 0 Å². The SMILES string of the molecule is CCCCOCCCN1C(=O)C(Nc2cccc3ccccc23)=C(c2ccc(OC)cc2)C1=O. The Morgan fingerprint density at radius 2 is 1.59 bits per heavy atom. The van der Waals surface area contributed by atoms with Gasteiger partial charge in [0.2, 0.25) is 0 Å². The van der Waals surface area contributed by atoms with Crippen molar-refractivity contribution in [3.05, 3.63) is 78.0 Å². The summed E-state index contributed by atoms with van der Waals surface area (Å²) >= 11 is 0. The van der Waals surface area contributed by atoms with Crippen LogP contribution in [-0.2, 0) is 14.3 Å². The molecule has 2 amide bonds. The normalized spacial score (nSPS) is 13.8. The molecule has 4 rings (SSSR count). The van der Waals surface area contributed by atoms with E-state index in [0.29, 0.717) is 48.8 Å². The first-order valence-electron chi connectivity index (χ1n) is 11.7. The van der Waals surface area contributed by atoms with Gasteiger partial charge in [0.15, 0.2) is 0 Å². The number of hydrogen-bond acceptors (Lipinski definition) is 5. The van der Waals surface area contributed by atoms with E-state index in [2.05, 4.69) is 12.2 Å². The molecule has 0 aliphatic carbocycles.